The molecule has 3 nitrogen and oxygen atoms in total. The highest BCUT2D eigenvalue weighted by Crippen LogP contribution is 2.17. The van der Waals surface area contributed by atoms with E-state index < -0.39 is 11.6 Å². The predicted molar refractivity (Wildman–Crippen MR) is 66.7 cm³/mol. The van der Waals surface area contributed by atoms with Gasteiger partial charge in [0.25, 0.3) is 0 Å². The van der Waals surface area contributed by atoms with E-state index in [9.17, 15) is 8.78 Å². The van der Waals surface area contributed by atoms with E-state index >= 15 is 0 Å². The fraction of sp³-hybridized carbons (Fsp3) is 0.538. The lowest BCUT2D eigenvalue weighted by Gasteiger charge is -2.27. The second-order valence-electron chi connectivity index (χ2n) is 4.63. The fourth-order valence-corrected chi connectivity index (χ4v) is 2.13. The monoisotopic (exact) mass is 256 g/mol. The first-order chi connectivity index (χ1) is 8.65. The van der Waals surface area contributed by atoms with Crippen LogP contribution in [0.15, 0.2) is 18.2 Å². The van der Waals surface area contributed by atoms with Crippen LogP contribution in [0.25, 0.3) is 0 Å². The van der Waals surface area contributed by atoms with Crippen LogP contribution in [0.3, 0.4) is 0 Å². The molecule has 2 N–H and O–H groups in total. The van der Waals surface area contributed by atoms with E-state index in [2.05, 4.69) is 10.6 Å². The number of hydrogen-bond acceptors (Lipinski definition) is 3. The van der Waals surface area contributed by atoms with Crippen LogP contribution in [-0.4, -0.2) is 31.8 Å². The quantitative estimate of drug-likeness (QED) is 0.866. The summed E-state index contributed by atoms with van der Waals surface area (Å²) in [6.45, 7) is 4.18. The van der Waals surface area contributed by atoms with Crippen molar-refractivity contribution in [2.24, 2.45) is 0 Å². The maximum absolute atomic E-state index is 13.4. The second kappa shape index (κ2) is 6.11. The van der Waals surface area contributed by atoms with Gasteiger partial charge in [0.1, 0.15) is 11.6 Å². The van der Waals surface area contributed by atoms with Crippen LogP contribution in [0.5, 0.6) is 0 Å². The maximum Gasteiger partial charge on any atom is 0.146 e. The number of anilines is 1. The van der Waals surface area contributed by atoms with Gasteiger partial charge in [0.05, 0.1) is 18.9 Å². The van der Waals surface area contributed by atoms with Crippen LogP contribution in [0.1, 0.15) is 13.3 Å². The van der Waals surface area contributed by atoms with Crippen LogP contribution in [-0.2, 0) is 4.74 Å². The number of hydrogen-bond donors (Lipinski definition) is 2. The van der Waals surface area contributed by atoms with Crippen LogP contribution in [0.4, 0.5) is 14.5 Å². The molecule has 1 aromatic carbocycles. The van der Waals surface area contributed by atoms with Crippen LogP contribution < -0.4 is 10.6 Å². The molecule has 2 unspecified atom stereocenters. The van der Waals surface area contributed by atoms with Crippen molar-refractivity contribution < 1.29 is 13.5 Å². The third kappa shape index (κ3) is 3.65. The Morgan fingerprint density at radius 3 is 3.06 bits per heavy atom. The Kier molecular flexibility index (Phi) is 4.49. The summed E-state index contributed by atoms with van der Waals surface area (Å²) in [6, 6.07) is 3.73. The first kappa shape index (κ1) is 13.2. The molecule has 18 heavy (non-hydrogen) atoms. The van der Waals surface area contributed by atoms with Gasteiger partial charge in [0.15, 0.2) is 0 Å². The highest BCUT2D eigenvalue weighted by Gasteiger charge is 2.17. The fourth-order valence-electron chi connectivity index (χ4n) is 2.13. The topological polar surface area (TPSA) is 33.3 Å². The molecule has 100 valence electrons. The highest BCUT2D eigenvalue weighted by molar-refractivity contribution is 5.45. The Balaban J connectivity index is 1.89. The summed E-state index contributed by atoms with van der Waals surface area (Å²) in [5, 5.41) is 6.32. The van der Waals surface area contributed by atoms with Crippen molar-refractivity contribution >= 4 is 5.69 Å². The summed E-state index contributed by atoms with van der Waals surface area (Å²) >= 11 is 0. The first-order valence-corrected chi connectivity index (χ1v) is 6.18. The molecule has 0 aromatic heterocycles. The summed E-state index contributed by atoms with van der Waals surface area (Å²) in [7, 11) is 0. The lowest BCUT2D eigenvalue weighted by Crippen LogP contribution is -2.43. The van der Waals surface area contributed by atoms with Gasteiger partial charge in [-0.05, 0) is 31.5 Å². The third-order valence-corrected chi connectivity index (χ3v) is 2.97. The smallest absolute Gasteiger partial charge is 0.146 e. The van der Waals surface area contributed by atoms with Gasteiger partial charge in [-0.25, -0.2) is 8.78 Å². The minimum absolute atomic E-state index is 0.0421. The van der Waals surface area contributed by atoms with E-state index in [0.717, 1.165) is 31.7 Å². The highest BCUT2D eigenvalue weighted by atomic mass is 19.1. The Morgan fingerprint density at radius 1 is 1.50 bits per heavy atom. The van der Waals surface area contributed by atoms with E-state index in [4.69, 9.17) is 4.74 Å². The van der Waals surface area contributed by atoms with Gasteiger partial charge in [-0.2, -0.15) is 0 Å². The average molecular weight is 256 g/mol. The third-order valence-electron chi connectivity index (χ3n) is 2.97. The molecule has 1 saturated heterocycles. The van der Waals surface area contributed by atoms with E-state index in [-0.39, 0.29) is 17.8 Å². The van der Waals surface area contributed by atoms with Crippen molar-refractivity contribution in [1.29, 1.82) is 0 Å². The molecule has 0 amide bonds. The molecule has 0 spiro atoms. The molecule has 1 heterocycles. The van der Waals surface area contributed by atoms with Gasteiger partial charge in [-0.15, -0.1) is 0 Å². The standard InChI is InChI=1S/C13H18F2N2O/c1-9(6-11-8-18-5-4-16-11)17-13-7-10(14)2-3-12(13)15/h2-3,7,9,11,16-17H,4-6,8H2,1H3. The van der Waals surface area contributed by atoms with Gasteiger partial charge in [0, 0.05) is 18.6 Å². The first-order valence-electron chi connectivity index (χ1n) is 6.18. The zero-order chi connectivity index (χ0) is 13.0. The van der Waals surface area contributed by atoms with Crippen molar-refractivity contribution in [2.45, 2.75) is 25.4 Å². The molecular weight excluding hydrogens is 238 g/mol. The maximum atomic E-state index is 13.4. The summed E-state index contributed by atoms with van der Waals surface area (Å²) in [5.41, 5.74) is 0.208. The largest absolute Gasteiger partial charge is 0.380 e. The number of benzene rings is 1. The molecule has 0 saturated carbocycles. The van der Waals surface area contributed by atoms with Crippen LogP contribution >= 0.6 is 0 Å². The van der Waals surface area contributed by atoms with Crippen molar-refractivity contribution in [2.75, 3.05) is 25.1 Å². The summed E-state index contributed by atoms with van der Waals surface area (Å²) in [6.07, 6.45) is 0.802. The molecule has 1 aliphatic rings. The van der Waals surface area contributed by atoms with E-state index in [1.54, 1.807) is 0 Å². The van der Waals surface area contributed by atoms with Crippen molar-refractivity contribution in [3.05, 3.63) is 29.8 Å². The van der Waals surface area contributed by atoms with Crippen molar-refractivity contribution in [3.63, 3.8) is 0 Å². The lowest BCUT2D eigenvalue weighted by molar-refractivity contribution is 0.0731. The molecule has 0 aliphatic carbocycles. The molecule has 2 rings (SSSR count). The van der Waals surface area contributed by atoms with Gasteiger partial charge >= 0.3 is 0 Å². The zero-order valence-corrected chi connectivity index (χ0v) is 10.4. The van der Waals surface area contributed by atoms with Crippen molar-refractivity contribution in [3.8, 4) is 0 Å². The van der Waals surface area contributed by atoms with E-state index in [0.29, 0.717) is 6.61 Å². The molecule has 2 atom stereocenters. The minimum atomic E-state index is -0.440. The Bertz CT molecular complexity index is 395. The average Bonchev–Trinajstić information content (AvgIpc) is 2.35. The SMILES string of the molecule is CC(CC1COCCN1)Nc1cc(F)ccc1F. The lowest BCUT2D eigenvalue weighted by atomic mass is 10.1. The Morgan fingerprint density at radius 2 is 2.33 bits per heavy atom. The molecule has 5 heteroatoms. The molecule has 0 radical (unpaired) electrons. The molecule has 1 aromatic rings. The molecule has 0 bridgehead atoms. The van der Waals surface area contributed by atoms with Gasteiger partial charge in [0.2, 0.25) is 0 Å². The molecule has 1 fully saturated rings. The molecular formula is C13H18F2N2O. The summed E-state index contributed by atoms with van der Waals surface area (Å²) in [5.74, 6) is -0.874. The van der Waals surface area contributed by atoms with Crippen molar-refractivity contribution in [1.82, 2.24) is 5.32 Å². The Hall–Kier alpha value is -1.20. The molecule has 1 aliphatic heterocycles. The number of ether oxygens (including phenoxy) is 1. The number of rotatable bonds is 4. The van der Waals surface area contributed by atoms with Gasteiger partial charge in [-0.1, -0.05) is 0 Å². The summed E-state index contributed by atoms with van der Waals surface area (Å²) < 4.78 is 31.8. The second-order valence-corrected chi connectivity index (χ2v) is 4.63. The summed E-state index contributed by atoms with van der Waals surface area (Å²) in [4.78, 5) is 0. The van der Waals surface area contributed by atoms with Gasteiger partial charge in [-0.3, -0.25) is 0 Å². The van der Waals surface area contributed by atoms with Crippen LogP contribution in [0, 0.1) is 11.6 Å². The van der Waals surface area contributed by atoms with Crippen LogP contribution in [0.2, 0.25) is 0 Å². The zero-order valence-electron chi connectivity index (χ0n) is 10.4. The van der Waals surface area contributed by atoms with E-state index in [1.807, 2.05) is 6.92 Å². The Labute approximate surface area is 106 Å². The minimum Gasteiger partial charge on any atom is -0.380 e. The number of halogens is 2. The van der Waals surface area contributed by atoms with E-state index in [1.165, 1.54) is 6.07 Å². The van der Waals surface area contributed by atoms with Gasteiger partial charge < -0.3 is 15.4 Å². The normalized spacial score (nSPS) is 21.6. The predicted octanol–water partition coefficient (Wildman–Crippen LogP) is 2.14. The number of morpholine rings is 1. The number of nitrogens with one attached hydrogen (secondary N) is 2.